The smallest absolute Gasteiger partial charge is 0.266 e. The largest absolute Gasteiger partial charge is 0.484 e. The number of fused-ring (bicyclic) bond motifs is 1. The number of hydrogen-bond acceptors (Lipinski definition) is 5. The van der Waals surface area contributed by atoms with E-state index in [0.717, 1.165) is 21.6 Å². The Kier molecular flexibility index (Phi) is 7.00. The van der Waals surface area contributed by atoms with Gasteiger partial charge in [-0.2, -0.15) is 5.10 Å². The monoisotopic (exact) mass is 482 g/mol. The molecule has 0 spiro atoms. The summed E-state index contributed by atoms with van der Waals surface area (Å²) in [6, 6.07) is 15.2. The predicted octanol–water partition coefficient (Wildman–Crippen LogP) is 6.00. The van der Waals surface area contributed by atoms with Crippen molar-refractivity contribution in [2.45, 2.75) is 40.2 Å². The Balaban J connectivity index is 1.60. The lowest BCUT2D eigenvalue weighted by Crippen LogP contribution is -2.37. The van der Waals surface area contributed by atoms with E-state index in [1.54, 1.807) is 29.2 Å². The zero-order valence-corrected chi connectivity index (χ0v) is 20.8. The Labute approximate surface area is 202 Å². The van der Waals surface area contributed by atoms with Crippen LogP contribution in [0.4, 0.5) is 5.13 Å². The molecule has 1 amide bonds. The summed E-state index contributed by atoms with van der Waals surface area (Å²) in [5, 5.41) is 5.83. The summed E-state index contributed by atoms with van der Waals surface area (Å²) in [7, 11) is 0. The minimum atomic E-state index is -0.156. The van der Waals surface area contributed by atoms with Gasteiger partial charge in [0.05, 0.1) is 22.5 Å². The number of ether oxygens (including phenoxy) is 1. The van der Waals surface area contributed by atoms with Crippen molar-refractivity contribution in [3.05, 3.63) is 70.5 Å². The van der Waals surface area contributed by atoms with Crippen LogP contribution in [0.5, 0.6) is 5.75 Å². The Morgan fingerprint density at radius 2 is 1.94 bits per heavy atom. The number of aryl methyl sites for hydroxylation is 2. The quantitative estimate of drug-likeness (QED) is 0.309. The highest BCUT2D eigenvalue weighted by Gasteiger charge is 2.22. The third kappa shape index (κ3) is 5.37. The molecule has 2 aromatic heterocycles. The van der Waals surface area contributed by atoms with Crippen LogP contribution < -0.4 is 9.64 Å². The van der Waals surface area contributed by atoms with Crippen LogP contribution in [0.25, 0.3) is 10.2 Å². The molecule has 4 rings (SSSR count). The van der Waals surface area contributed by atoms with Gasteiger partial charge in [-0.05, 0) is 61.7 Å². The highest BCUT2D eigenvalue weighted by Crippen LogP contribution is 2.33. The molecule has 0 saturated heterocycles. The van der Waals surface area contributed by atoms with Gasteiger partial charge in [-0.1, -0.05) is 48.9 Å². The lowest BCUT2D eigenvalue weighted by molar-refractivity contribution is -0.120. The number of rotatable bonds is 8. The highest BCUT2D eigenvalue weighted by molar-refractivity contribution is 7.22. The van der Waals surface area contributed by atoms with E-state index >= 15 is 0 Å². The standard InChI is InChI=1S/C25H27ClN4O2S/c1-16(2)21-6-5-7-22-24(21)27-25(33-22)29(12-13-30-18(4)14-17(3)28-30)23(31)15-32-20-10-8-19(26)9-11-20/h5-11,14,16H,12-13,15H2,1-4H3. The summed E-state index contributed by atoms with van der Waals surface area (Å²) in [5.41, 5.74) is 4.15. The van der Waals surface area contributed by atoms with Crippen LogP contribution in [0.15, 0.2) is 48.5 Å². The van der Waals surface area contributed by atoms with Crippen molar-refractivity contribution < 1.29 is 9.53 Å². The molecule has 8 heteroatoms. The van der Waals surface area contributed by atoms with Crippen molar-refractivity contribution in [3.63, 3.8) is 0 Å². The van der Waals surface area contributed by atoms with Crippen molar-refractivity contribution in [1.29, 1.82) is 0 Å². The Hall–Kier alpha value is -2.90. The van der Waals surface area contributed by atoms with E-state index < -0.39 is 0 Å². The van der Waals surface area contributed by atoms with Crippen LogP contribution in [-0.4, -0.2) is 33.8 Å². The van der Waals surface area contributed by atoms with Crippen LogP contribution in [0.1, 0.15) is 36.7 Å². The van der Waals surface area contributed by atoms with Gasteiger partial charge in [-0.3, -0.25) is 14.4 Å². The lowest BCUT2D eigenvalue weighted by atomic mass is 10.0. The summed E-state index contributed by atoms with van der Waals surface area (Å²) < 4.78 is 8.73. The molecule has 0 aliphatic carbocycles. The summed E-state index contributed by atoms with van der Waals surface area (Å²) in [4.78, 5) is 19.9. The van der Waals surface area contributed by atoms with Gasteiger partial charge < -0.3 is 4.74 Å². The van der Waals surface area contributed by atoms with Gasteiger partial charge in [-0.25, -0.2) is 4.98 Å². The van der Waals surface area contributed by atoms with Gasteiger partial charge in [0.15, 0.2) is 11.7 Å². The third-order valence-electron chi connectivity index (χ3n) is 5.41. The first-order valence-electron chi connectivity index (χ1n) is 10.9. The number of carbonyl (C=O) groups excluding carboxylic acids is 1. The average Bonchev–Trinajstić information content (AvgIpc) is 3.35. The first-order valence-corrected chi connectivity index (χ1v) is 12.1. The van der Waals surface area contributed by atoms with Crippen LogP contribution in [0.3, 0.4) is 0 Å². The molecule has 0 aliphatic rings. The SMILES string of the molecule is Cc1cc(C)n(CCN(C(=O)COc2ccc(Cl)cc2)c2nc3c(C(C)C)cccc3s2)n1. The molecule has 0 atom stereocenters. The molecule has 6 nitrogen and oxygen atoms in total. The number of benzene rings is 2. The molecule has 2 aromatic carbocycles. The number of hydrogen-bond donors (Lipinski definition) is 0. The normalized spacial score (nSPS) is 11.3. The second-order valence-corrected chi connectivity index (χ2v) is 9.73. The van der Waals surface area contributed by atoms with Gasteiger partial charge in [0.2, 0.25) is 0 Å². The Bertz CT molecular complexity index is 1260. The molecule has 4 aromatic rings. The van der Waals surface area contributed by atoms with Crippen molar-refractivity contribution in [2.24, 2.45) is 0 Å². The van der Waals surface area contributed by atoms with Crippen molar-refractivity contribution >= 4 is 44.2 Å². The van der Waals surface area contributed by atoms with Gasteiger partial charge in [0.1, 0.15) is 5.75 Å². The zero-order valence-electron chi connectivity index (χ0n) is 19.2. The highest BCUT2D eigenvalue weighted by atomic mass is 35.5. The maximum Gasteiger partial charge on any atom is 0.266 e. The Morgan fingerprint density at radius 1 is 1.18 bits per heavy atom. The van der Waals surface area contributed by atoms with Crippen LogP contribution in [-0.2, 0) is 11.3 Å². The topological polar surface area (TPSA) is 60.2 Å². The van der Waals surface area contributed by atoms with E-state index in [1.807, 2.05) is 30.7 Å². The summed E-state index contributed by atoms with van der Waals surface area (Å²) in [6.45, 7) is 9.21. The van der Waals surface area contributed by atoms with Crippen molar-refractivity contribution in [3.8, 4) is 5.75 Å². The number of anilines is 1. The van der Waals surface area contributed by atoms with Crippen molar-refractivity contribution in [2.75, 3.05) is 18.1 Å². The van der Waals surface area contributed by atoms with E-state index in [0.29, 0.717) is 34.9 Å². The fraction of sp³-hybridized carbons (Fsp3) is 0.320. The molecule has 0 saturated carbocycles. The third-order valence-corrected chi connectivity index (χ3v) is 6.70. The summed E-state index contributed by atoms with van der Waals surface area (Å²) in [5.74, 6) is 0.782. The molecule has 0 aliphatic heterocycles. The first-order chi connectivity index (χ1) is 15.8. The number of carbonyl (C=O) groups is 1. The lowest BCUT2D eigenvalue weighted by Gasteiger charge is -2.20. The Morgan fingerprint density at radius 3 is 2.61 bits per heavy atom. The fourth-order valence-corrected chi connectivity index (χ4v) is 4.89. The number of thiazole rings is 1. The number of nitrogens with zero attached hydrogens (tertiary/aromatic N) is 4. The maximum atomic E-state index is 13.3. The number of amides is 1. The van der Waals surface area contributed by atoms with Gasteiger partial charge >= 0.3 is 0 Å². The second kappa shape index (κ2) is 9.93. The first kappa shape index (κ1) is 23.3. The van der Waals surface area contributed by atoms with Gasteiger partial charge in [-0.15, -0.1) is 0 Å². The number of aromatic nitrogens is 3. The molecular weight excluding hydrogens is 456 g/mol. The average molecular weight is 483 g/mol. The van der Waals surface area contributed by atoms with E-state index in [-0.39, 0.29) is 12.5 Å². The van der Waals surface area contributed by atoms with E-state index in [1.165, 1.54) is 16.9 Å². The van der Waals surface area contributed by atoms with E-state index in [9.17, 15) is 4.79 Å². The van der Waals surface area contributed by atoms with E-state index in [4.69, 9.17) is 21.3 Å². The molecule has 33 heavy (non-hydrogen) atoms. The van der Waals surface area contributed by atoms with Gasteiger partial charge in [0, 0.05) is 17.3 Å². The molecule has 0 bridgehead atoms. The molecule has 0 radical (unpaired) electrons. The molecule has 0 N–H and O–H groups in total. The molecule has 0 unspecified atom stereocenters. The minimum absolute atomic E-state index is 0.0916. The van der Waals surface area contributed by atoms with Crippen LogP contribution in [0, 0.1) is 13.8 Å². The second-order valence-electron chi connectivity index (χ2n) is 8.28. The molecule has 2 heterocycles. The number of para-hydroxylation sites is 1. The molecule has 172 valence electrons. The maximum absolute atomic E-state index is 13.3. The summed E-state index contributed by atoms with van der Waals surface area (Å²) >= 11 is 7.47. The van der Waals surface area contributed by atoms with Crippen LogP contribution >= 0.6 is 22.9 Å². The number of halogens is 1. The van der Waals surface area contributed by atoms with Crippen LogP contribution in [0.2, 0.25) is 5.02 Å². The fourth-order valence-electron chi connectivity index (χ4n) is 3.72. The molecule has 0 fully saturated rings. The predicted molar refractivity (Wildman–Crippen MR) is 135 cm³/mol. The van der Waals surface area contributed by atoms with Gasteiger partial charge in [0.25, 0.3) is 5.91 Å². The van der Waals surface area contributed by atoms with E-state index in [2.05, 4.69) is 31.1 Å². The minimum Gasteiger partial charge on any atom is -0.484 e. The molecular formula is C25H27ClN4O2S. The summed E-state index contributed by atoms with van der Waals surface area (Å²) in [6.07, 6.45) is 0. The zero-order chi connectivity index (χ0) is 23.5. The van der Waals surface area contributed by atoms with Crippen molar-refractivity contribution in [1.82, 2.24) is 14.8 Å².